The second-order valence-corrected chi connectivity index (χ2v) is 4.65. The van der Waals surface area contributed by atoms with Crippen molar-refractivity contribution in [2.75, 3.05) is 5.32 Å². The van der Waals surface area contributed by atoms with Crippen LogP contribution in [-0.2, 0) is 9.59 Å². The minimum Gasteiger partial charge on any atom is -0.344 e. The van der Waals surface area contributed by atoms with E-state index in [4.69, 9.17) is 0 Å². The molecule has 6 heteroatoms. The number of hydrogen-bond acceptors (Lipinski definition) is 3. The zero-order chi connectivity index (χ0) is 13.1. The van der Waals surface area contributed by atoms with Crippen LogP contribution in [0.1, 0.15) is 37.1 Å². The van der Waals surface area contributed by atoms with Gasteiger partial charge in [0.2, 0.25) is 17.8 Å². The fraction of sp³-hybridized carbons (Fsp3) is 0.583. The summed E-state index contributed by atoms with van der Waals surface area (Å²) in [5.41, 5.74) is 1.78. The molecule has 0 radical (unpaired) electrons. The monoisotopic (exact) mass is 250 g/mol. The highest BCUT2D eigenvalue weighted by molar-refractivity contribution is 5.96. The maximum atomic E-state index is 12.0. The lowest BCUT2D eigenvalue weighted by Gasteiger charge is -2.14. The van der Waals surface area contributed by atoms with Crippen molar-refractivity contribution < 1.29 is 9.59 Å². The number of imidazole rings is 1. The number of anilines is 1. The summed E-state index contributed by atoms with van der Waals surface area (Å²) in [4.78, 5) is 30.6. The molecule has 0 aromatic carbocycles. The lowest BCUT2D eigenvalue weighted by molar-refractivity contribution is -0.126. The van der Waals surface area contributed by atoms with Gasteiger partial charge in [-0.1, -0.05) is 6.42 Å². The molecule has 1 aliphatic rings. The number of carbonyl (C=O) groups excluding carboxylic acids is 2. The van der Waals surface area contributed by atoms with E-state index in [1.165, 1.54) is 0 Å². The molecule has 1 aromatic heterocycles. The topological polar surface area (TPSA) is 86.9 Å². The molecule has 3 N–H and O–H groups in total. The number of aromatic amines is 1. The number of carbonyl (C=O) groups is 2. The average molecular weight is 250 g/mol. The van der Waals surface area contributed by atoms with Crippen molar-refractivity contribution in [3.05, 3.63) is 11.4 Å². The summed E-state index contributed by atoms with van der Waals surface area (Å²) >= 11 is 0. The van der Waals surface area contributed by atoms with Gasteiger partial charge in [-0.15, -0.1) is 0 Å². The molecular formula is C12H18N4O2. The highest BCUT2D eigenvalue weighted by Gasteiger charge is 2.23. The lowest BCUT2D eigenvalue weighted by Crippen LogP contribution is -2.42. The Hall–Kier alpha value is -1.85. The molecule has 2 amide bonds. The highest BCUT2D eigenvalue weighted by atomic mass is 16.2. The molecule has 1 aliphatic heterocycles. The maximum absolute atomic E-state index is 12.0. The number of H-pyrrole nitrogens is 1. The zero-order valence-electron chi connectivity index (χ0n) is 10.7. The van der Waals surface area contributed by atoms with Crippen molar-refractivity contribution in [3.8, 4) is 0 Å². The zero-order valence-corrected chi connectivity index (χ0v) is 10.7. The minimum absolute atomic E-state index is 0.0561. The van der Waals surface area contributed by atoms with Crippen LogP contribution in [0, 0.1) is 13.8 Å². The molecule has 1 atom stereocenters. The van der Waals surface area contributed by atoms with Crippen molar-refractivity contribution in [1.29, 1.82) is 0 Å². The summed E-state index contributed by atoms with van der Waals surface area (Å²) in [6.07, 6.45) is 2.90. The van der Waals surface area contributed by atoms with Crippen LogP contribution < -0.4 is 10.6 Å². The molecule has 98 valence electrons. The van der Waals surface area contributed by atoms with Gasteiger partial charge in [-0.05, 0) is 26.7 Å². The third-order valence-corrected chi connectivity index (χ3v) is 3.17. The van der Waals surface area contributed by atoms with Crippen LogP contribution in [0.25, 0.3) is 0 Å². The van der Waals surface area contributed by atoms with Gasteiger partial charge in [-0.3, -0.25) is 14.9 Å². The standard InChI is InChI=1S/C12H18N4O2/c1-7-8(2)14-12(13-7)16-11(18)9-5-3-4-6-10(17)15-9/h9H,3-6H2,1-2H3,(H,15,17)(H2,13,14,16,18)/t9-/m0/s1. The Balaban J connectivity index is 2.00. The van der Waals surface area contributed by atoms with E-state index in [1.54, 1.807) is 0 Å². The molecule has 0 bridgehead atoms. The van der Waals surface area contributed by atoms with Crippen molar-refractivity contribution >= 4 is 17.8 Å². The molecule has 2 heterocycles. The number of rotatable bonds is 2. The third kappa shape index (κ3) is 2.88. The Morgan fingerprint density at radius 3 is 2.83 bits per heavy atom. The molecule has 1 fully saturated rings. The fourth-order valence-corrected chi connectivity index (χ4v) is 1.98. The lowest BCUT2D eigenvalue weighted by atomic mass is 10.1. The predicted octanol–water partition coefficient (Wildman–Crippen LogP) is 1.02. The number of aromatic nitrogens is 2. The fourth-order valence-electron chi connectivity index (χ4n) is 1.98. The Kier molecular flexibility index (Phi) is 3.64. The Labute approximate surface area is 106 Å². The second-order valence-electron chi connectivity index (χ2n) is 4.65. The smallest absolute Gasteiger partial charge is 0.249 e. The van der Waals surface area contributed by atoms with Crippen molar-refractivity contribution in [1.82, 2.24) is 15.3 Å². The number of aryl methyl sites for hydroxylation is 2. The normalized spacial score (nSPS) is 20.1. The van der Waals surface area contributed by atoms with Gasteiger partial charge in [0.05, 0.1) is 5.69 Å². The Morgan fingerprint density at radius 2 is 2.17 bits per heavy atom. The molecule has 0 saturated carbocycles. The van der Waals surface area contributed by atoms with E-state index in [2.05, 4.69) is 20.6 Å². The largest absolute Gasteiger partial charge is 0.344 e. The summed E-state index contributed by atoms with van der Waals surface area (Å²) in [5.74, 6) is 0.173. The summed E-state index contributed by atoms with van der Waals surface area (Å²) < 4.78 is 0. The summed E-state index contributed by atoms with van der Waals surface area (Å²) in [7, 11) is 0. The third-order valence-electron chi connectivity index (χ3n) is 3.17. The first kappa shape index (κ1) is 12.6. The van der Waals surface area contributed by atoms with Gasteiger partial charge >= 0.3 is 0 Å². The quantitative estimate of drug-likeness (QED) is 0.732. The van der Waals surface area contributed by atoms with Gasteiger partial charge in [0.1, 0.15) is 6.04 Å². The van der Waals surface area contributed by atoms with E-state index >= 15 is 0 Å². The maximum Gasteiger partial charge on any atom is 0.249 e. The number of nitrogens with one attached hydrogen (secondary N) is 3. The molecule has 0 spiro atoms. The molecule has 1 aromatic rings. The predicted molar refractivity (Wildman–Crippen MR) is 67.1 cm³/mol. The molecule has 0 unspecified atom stereocenters. The van der Waals surface area contributed by atoms with Gasteiger partial charge in [-0.2, -0.15) is 0 Å². The van der Waals surface area contributed by atoms with E-state index in [0.717, 1.165) is 24.2 Å². The van der Waals surface area contributed by atoms with Crippen LogP contribution in [-0.4, -0.2) is 27.8 Å². The highest BCUT2D eigenvalue weighted by Crippen LogP contribution is 2.12. The molecule has 2 rings (SSSR count). The van der Waals surface area contributed by atoms with E-state index < -0.39 is 6.04 Å². The number of nitrogens with zero attached hydrogens (tertiary/aromatic N) is 1. The van der Waals surface area contributed by atoms with E-state index in [9.17, 15) is 9.59 Å². The van der Waals surface area contributed by atoms with Gasteiger partial charge in [0, 0.05) is 12.1 Å². The first-order valence-corrected chi connectivity index (χ1v) is 6.19. The van der Waals surface area contributed by atoms with Gasteiger partial charge < -0.3 is 10.3 Å². The van der Waals surface area contributed by atoms with Gasteiger partial charge in [0.25, 0.3) is 0 Å². The van der Waals surface area contributed by atoms with Gasteiger partial charge in [0.15, 0.2) is 0 Å². The first-order chi connectivity index (χ1) is 8.56. The van der Waals surface area contributed by atoms with Crippen molar-refractivity contribution in [2.45, 2.75) is 45.6 Å². The van der Waals surface area contributed by atoms with Crippen LogP contribution in [0.15, 0.2) is 0 Å². The van der Waals surface area contributed by atoms with E-state index in [-0.39, 0.29) is 11.8 Å². The SMILES string of the molecule is Cc1nc(NC(=O)[C@@H]2CCCCC(=O)N2)[nH]c1C. The molecule has 0 aliphatic carbocycles. The van der Waals surface area contributed by atoms with Crippen LogP contribution in [0.4, 0.5) is 5.95 Å². The number of amides is 2. The van der Waals surface area contributed by atoms with Crippen LogP contribution >= 0.6 is 0 Å². The van der Waals surface area contributed by atoms with E-state index in [0.29, 0.717) is 18.8 Å². The molecule has 18 heavy (non-hydrogen) atoms. The minimum atomic E-state index is -0.453. The molecule has 1 saturated heterocycles. The van der Waals surface area contributed by atoms with Crippen LogP contribution in [0.2, 0.25) is 0 Å². The Bertz CT molecular complexity index is 447. The Morgan fingerprint density at radius 1 is 1.39 bits per heavy atom. The molecule has 6 nitrogen and oxygen atoms in total. The van der Waals surface area contributed by atoms with Crippen LogP contribution in [0.5, 0.6) is 0 Å². The summed E-state index contributed by atoms with van der Waals surface area (Å²) in [5, 5.41) is 5.43. The van der Waals surface area contributed by atoms with Crippen molar-refractivity contribution in [2.24, 2.45) is 0 Å². The van der Waals surface area contributed by atoms with Crippen LogP contribution in [0.3, 0.4) is 0 Å². The van der Waals surface area contributed by atoms with Crippen molar-refractivity contribution in [3.63, 3.8) is 0 Å². The number of hydrogen-bond donors (Lipinski definition) is 3. The summed E-state index contributed by atoms with van der Waals surface area (Å²) in [6.45, 7) is 3.76. The molecular weight excluding hydrogens is 232 g/mol. The second kappa shape index (κ2) is 5.20. The average Bonchev–Trinajstić information content (AvgIpc) is 2.53. The first-order valence-electron chi connectivity index (χ1n) is 6.19. The van der Waals surface area contributed by atoms with E-state index in [1.807, 2.05) is 13.8 Å². The summed E-state index contributed by atoms with van der Waals surface area (Å²) in [6, 6.07) is -0.453. The van der Waals surface area contributed by atoms with Gasteiger partial charge in [-0.25, -0.2) is 4.98 Å².